The molecule has 1 fully saturated rings. The average Bonchev–Trinajstić information content (AvgIpc) is 2.68. The molecular weight excluding hydrogens is 212 g/mol. The molecule has 2 rings (SSSR count). The summed E-state index contributed by atoms with van der Waals surface area (Å²) in [6, 6.07) is 8.34. The first-order valence-electron chi connectivity index (χ1n) is 6.37. The normalized spacial score (nSPS) is 15.8. The molecule has 1 aliphatic heterocycles. The lowest BCUT2D eigenvalue weighted by Gasteiger charge is -2.30. The minimum Gasteiger partial charge on any atom is -0.283 e. The zero-order valence-electron chi connectivity index (χ0n) is 10.6. The summed E-state index contributed by atoms with van der Waals surface area (Å²) in [4.78, 5) is 11.8. The summed E-state index contributed by atoms with van der Waals surface area (Å²) in [5, 5.41) is 4.02. The Morgan fingerprint density at radius 3 is 2.88 bits per heavy atom. The number of rotatable bonds is 4. The fourth-order valence-corrected chi connectivity index (χ4v) is 2.20. The second-order valence-corrected chi connectivity index (χ2v) is 4.58. The van der Waals surface area contributed by atoms with Gasteiger partial charge >= 0.3 is 0 Å². The summed E-state index contributed by atoms with van der Waals surface area (Å²) in [5.74, 6) is 0.250. The maximum atomic E-state index is 11.8. The molecule has 0 N–H and O–H groups in total. The van der Waals surface area contributed by atoms with Gasteiger partial charge in [0.15, 0.2) is 0 Å². The number of anilines is 1. The number of hydrogen-bond acceptors (Lipinski definition) is 2. The van der Waals surface area contributed by atoms with Crippen LogP contribution in [0.4, 0.5) is 5.69 Å². The third kappa shape index (κ3) is 2.60. The van der Waals surface area contributed by atoms with Crippen LogP contribution in [0.2, 0.25) is 0 Å². The summed E-state index contributed by atoms with van der Waals surface area (Å²) < 4.78 is 0. The summed E-state index contributed by atoms with van der Waals surface area (Å²) >= 11 is 0. The van der Waals surface area contributed by atoms with Crippen molar-refractivity contribution < 1.29 is 4.79 Å². The topological polar surface area (TPSA) is 23.6 Å². The Kier molecular flexibility index (Phi) is 3.67. The molecule has 1 aromatic rings. The summed E-state index contributed by atoms with van der Waals surface area (Å²) in [6.07, 6.45) is 2.82. The van der Waals surface area contributed by atoms with Crippen LogP contribution < -0.4 is 5.01 Å². The molecule has 3 nitrogen and oxygen atoms in total. The van der Waals surface area contributed by atoms with Crippen molar-refractivity contribution in [1.82, 2.24) is 5.01 Å². The zero-order chi connectivity index (χ0) is 12.3. The maximum Gasteiger partial charge on any atom is 0.242 e. The average molecular weight is 232 g/mol. The van der Waals surface area contributed by atoms with Crippen molar-refractivity contribution in [3.05, 3.63) is 29.8 Å². The molecule has 1 aliphatic rings. The number of benzene rings is 1. The van der Waals surface area contributed by atoms with Crippen LogP contribution in [0, 0.1) is 6.92 Å². The molecule has 0 aliphatic carbocycles. The number of nitrogens with zero attached hydrogens (tertiary/aromatic N) is 2. The Bertz CT molecular complexity index is 403. The van der Waals surface area contributed by atoms with Crippen LogP contribution in [0.3, 0.4) is 0 Å². The van der Waals surface area contributed by atoms with Crippen LogP contribution in [0.5, 0.6) is 0 Å². The van der Waals surface area contributed by atoms with Gasteiger partial charge < -0.3 is 0 Å². The fraction of sp³-hybridized carbons (Fsp3) is 0.500. The van der Waals surface area contributed by atoms with Crippen molar-refractivity contribution in [2.75, 3.05) is 18.1 Å². The van der Waals surface area contributed by atoms with E-state index in [2.05, 4.69) is 37.1 Å². The van der Waals surface area contributed by atoms with Gasteiger partial charge in [-0.15, -0.1) is 0 Å². The highest BCUT2D eigenvalue weighted by Crippen LogP contribution is 2.23. The third-order valence-electron chi connectivity index (χ3n) is 3.14. The third-order valence-corrected chi connectivity index (χ3v) is 3.14. The zero-order valence-corrected chi connectivity index (χ0v) is 10.6. The van der Waals surface area contributed by atoms with Crippen molar-refractivity contribution in [3.63, 3.8) is 0 Å². The predicted molar refractivity (Wildman–Crippen MR) is 69.8 cm³/mol. The van der Waals surface area contributed by atoms with Gasteiger partial charge in [-0.1, -0.05) is 25.5 Å². The Morgan fingerprint density at radius 1 is 1.35 bits per heavy atom. The quantitative estimate of drug-likeness (QED) is 0.797. The van der Waals surface area contributed by atoms with Gasteiger partial charge in [-0.3, -0.25) is 14.8 Å². The minimum atomic E-state index is 0.250. The van der Waals surface area contributed by atoms with Crippen molar-refractivity contribution in [3.8, 4) is 0 Å². The summed E-state index contributed by atoms with van der Waals surface area (Å²) in [6.45, 7) is 5.88. The Balaban J connectivity index is 2.16. The Hall–Kier alpha value is -1.51. The SMILES string of the molecule is CCCCN1C(=O)CCN1c1cccc(C)c1. The largest absolute Gasteiger partial charge is 0.283 e. The van der Waals surface area contributed by atoms with Crippen LogP contribution in [-0.2, 0) is 4.79 Å². The van der Waals surface area contributed by atoms with E-state index in [4.69, 9.17) is 0 Å². The fourth-order valence-electron chi connectivity index (χ4n) is 2.20. The first-order chi connectivity index (χ1) is 8.22. The molecule has 0 saturated carbocycles. The van der Waals surface area contributed by atoms with Crippen LogP contribution >= 0.6 is 0 Å². The van der Waals surface area contributed by atoms with E-state index in [1.54, 1.807) is 0 Å². The van der Waals surface area contributed by atoms with E-state index in [9.17, 15) is 4.79 Å². The van der Waals surface area contributed by atoms with E-state index in [0.717, 1.165) is 31.6 Å². The maximum absolute atomic E-state index is 11.8. The molecule has 1 amide bonds. The number of amides is 1. The van der Waals surface area contributed by atoms with Crippen molar-refractivity contribution in [1.29, 1.82) is 0 Å². The second-order valence-electron chi connectivity index (χ2n) is 4.58. The lowest BCUT2D eigenvalue weighted by Crippen LogP contribution is -2.39. The highest BCUT2D eigenvalue weighted by molar-refractivity contribution is 5.81. The highest BCUT2D eigenvalue weighted by atomic mass is 16.2. The van der Waals surface area contributed by atoms with Crippen molar-refractivity contribution >= 4 is 11.6 Å². The first-order valence-corrected chi connectivity index (χ1v) is 6.37. The number of hydrazine groups is 1. The number of unbranched alkanes of at least 4 members (excludes halogenated alkanes) is 1. The number of carbonyl (C=O) groups is 1. The van der Waals surface area contributed by atoms with E-state index >= 15 is 0 Å². The molecule has 1 aromatic carbocycles. The van der Waals surface area contributed by atoms with E-state index in [-0.39, 0.29) is 5.91 Å². The molecule has 17 heavy (non-hydrogen) atoms. The Morgan fingerprint density at radius 2 is 2.18 bits per heavy atom. The molecule has 3 heteroatoms. The van der Waals surface area contributed by atoms with Crippen LogP contribution in [-0.4, -0.2) is 24.0 Å². The molecular formula is C14H20N2O. The molecule has 1 heterocycles. The number of hydrogen-bond donors (Lipinski definition) is 0. The molecule has 0 unspecified atom stereocenters. The molecule has 0 spiro atoms. The molecule has 0 atom stereocenters. The summed E-state index contributed by atoms with van der Waals surface area (Å²) in [5.41, 5.74) is 2.37. The van der Waals surface area contributed by atoms with Gasteiger partial charge in [0.25, 0.3) is 0 Å². The van der Waals surface area contributed by atoms with Gasteiger partial charge in [0, 0.05) is 19.5 Å². The van der Waals surface area contributed by atoms with Crippen LogP contribution in [0.25, 0.3) is 0 Å². The number of aryl methyl sites for hydroxylation is 1. The smallest absolute Gasteiger partial charge is 0.242 e. The van der Waals surface area contributed by atoms with Gasteiger partial charge in [0.1, 0.15) is 0 Å². The Labute approximate surface area is 103 Å². The minimum absolute atomic E-state index is 0.250. The van der Waals surface area contributed by atoms with Gasteiger partial charge in [-0.2, -0.15) is 0 Å². The van der Waals surface area contributed by atoms with E-state index in [0.29, 0.717) is 6.42 Å². The molecule has 0 bridgehead atoms. The van der Waals surface area contributed by atoms with E-state index in [1.807, 2.05) is 11.1 Å². The standard InChI is InChI=1S/C14H20N2O/c1-3-4-9-16-14(17)8-10-15(16)13-7-5-6-12(2)11-13/h5-7,11H,3-4,8-10H2,1-2H3. The molecule has 0 radical (unpaired) electrons. The predicted octanol–water partition coefficient (Wildman–Crippen LogP) is 2.75. The van der Waals surface area contributed by atoms with Gasteiger partial charge in [-0.05, 0) is 31.0 Å². The van der Waals surface area contributed by atoms with E-state index in [1.165, 1.54) is 5.56 Å². The second kappa shape index (κ2) is 5.21. The van der Waals surface area contributed by atoms with Crippen LogP contribution in [0.15, 0.2) is 24.3 Å². The molecule has 0 aromatic heterocycles. The number of carbonyl (C=O) groups excluding carboxylic acids is 1. The van der Waals surface area contributed by atoms with Gasteiger partial charge in [0.05, 0.1) is 5.69 Å². The van der Waals surface area contributed by atoms with Gasteiger partial charge in [-0.25, -0.2) is 0 Å². The van der Waals surface area contributed by atoms with Crippen molar-refractivity contribution in [2.45, 2.75) is 33.1 Å². The molecule has 92 valence electrons. The first kappa shape index (κ1) is 12.0. The van der Waals surface area contributed by atoms with Crippen LogP contribution in [0.1, 0.15) is 31.7 Å². The monoisotopic (exact) mass is 232 g/mol. The lowest BCUT2D eigenvalue weighted by atomic mass is 10.2. The highest BCUT2D eigenvalue weighted by Gasteiger charge is 2.28. The summed E-state index contributed by atoms with van der Waals surface area (Å²) in [7, 11) is 0. The molecule has 1 saturated heterocycles. The lowest BCUT2D eigenvalue weighted by molar-refractivity contribution is -0.128. The van der Waals surface area contributed by atoms with Gasteiger partial charge in [0.2, 0.25) is 5.91 Å². The van der Waals surface area contributed by atoms with Crippen molar-refractivity contribution in [2.24, 2.45) is 0 Å². The van der Waals surface area contributed by atoms with E-state index < -0.39 is 0 Å².